The Kier molecular flexibility index (Phi) is 15.0. The van der Waals surface area contributed by atoms with E-state index in [0.717, 1.165) is 19.3 Å². The molecule has 0 unspecified atom stereocenters. The molecule has 1 aromatic rings. The molecule has 1 fully saturated rings. The minimum Gasteiger partial charge on any atom is -0.481 e. The maximum atomic E-state index is 11.8. The predicted molar refractivity (Wildman–Crippen MR) is 122 cm³/mol. The summed E-state index contributed by atoms with van der Waals surface area (Å²) in [5.74, 6) is -3.01. The van der Waals surface area contributed by atoms with Gasteiger partial charge in [-0.1, -0.05) is 63.9 Å². The van der Waals surface area contributed by atoms with Crippen LogP contribution in [0.1, 0.15) is 104 Å². The number of hydrogen-bond donors (Lipinski definition) is 2. The van der Waals surface area contributed by atoms with Crippen molar-refractivity contribution in [3.05, 3.63) is 35.4 Å². The van der Waals surface area contributed by atoms with Crippen LogP contribution in [0.3, 0.4) is 0 Å². The second kappa shape index (κ2) is 17.6. The Balaban J connectivity index is 0.000000779. The Hall–Kier alpha value is -2.90. The van der Waals surface area contributed by atoms with Crippen molar-refractivity contribution in [1.29, 1.82) is 0 Å². The van der Waals surface area contributed by atoms with Crippen LogP contribution in [0.25, 0.3) is 0 Å². The van der Waals surface area contributed by atoms with Gasteiger partial charge in [0.25, 0.3) is 0 Å². The molecule has 1 aliphatic carbocycles. The number of carboxylic acid groups (broad SMARTS) is 2. The van der Waals surface area contributed by atoms with Crippen LogP contribution in [0.2, 0.25) is 0 Å². The highest BCUT2D eigenvalue weighted by Crippen LogP contribution is 2.15. The molecule has 1 saturated carbocycles. The first-order chi connectivity index (χ1) is 15.9. The molecule has 0 bridgehead atoms. The number of unbranched alkanes of at least 4 members (excludes halogenated alkanes) is 4. The van der Waals surface area contributed by atoms with Gasteiger partial charge in [-0.25, -0.2) is 9.59 Å². The average molecular weight is 465 g/mol. The molecule has 33 heavy (non-hydrogen) atoms. The van der Waals surface area contributed by atoms with Gasteiger partial charge in [-0.15, -0.1) is 0 Å². The first kappa shape index (κ1) is 28.1. The first-order valence-electron chi connectivity index (χ1n) is 11.8. The number of esters is 2. The third-order valence-corrected chi connectivity index (χ3v) is 5.20. The Morgan fingerprint density at radius 2 is 1.21 bits per heavy atom. The number of rotatable bonds is 13. The van der Waals surface area contributed by atoms with Crippen LogP contribution >= 0.6 is 0 Å². The number of ether oxygens (including phenoxy) is 2. The normalized spacial score (nSPS) is 12.7. The van der Waals surface area contributed by atoms with Gasteiger partial charge in [0.05, 0.1) is 11.1 Å². The van der Waals surface area contributed by atoms with Crippen molar-refractivity contribution >= 4 is 23.9 Å². The molecule has 8 heteroatoms. The monoisotopic (exact) mass is 464 g/mol. The van der Waals surface area contributed by atoms with Crippen molar-refractivity contribution in [3.8, 4) is 0 Å². The highest BCUT2D eigenvalue weighted by molar-refractivity contribution is 5.94. The summed E-state index contributed by atoms with van der Waals surface area (Å²) in [5, 5.41) is 17.4. The minimum absolute atomic E-state index is 0.0150. The van der Waals surface area contributed by atoms with E-state index in [9.17, 15) is 19.2 Å². The van der Waals surface area contributed by atoms with E-state index in [4.69, 9.17) is 19.7 Å². The Morgan fingerprint density at radius 3 is 1.79 bits per heavy atom. The van der Waals surface area contributed by atoms with Gasteiger partial charge in [0, 0.05) is 12.8 Å². The number of carbonyl (C=O) groups is 4. The fraction of sp³-hybridized carbons (Fsp3) is 0.600. The van der Waals surface area contributed by atoms with Crippen molar-refractivity contribution in [2.75, 3.05) is 13.2 Å². The second-order valence-electron chi connectivity index (χ2n) is 8.03. The molecule has 2 rings (SSSR count). The number of carbonyl (C=O) groups excluding carboxylic acids is 2. The Morgan fingerprint density at radius 1 is 0.697 bits per heavy atom. The van der Waals surface area contributed by atoms with Crippen molar-refractivity contribution < 1.29 is 38.9 Å². The molecule has 184 valence electrons. The highest BCUT2D eigenvalue weighted by atomic mass is 16.6. The van der Waals surface area contributed by atoms with E-state index < -0.39 is 17.9 Å². The van der Waals surface area contributed by atoms with E-state index in [1.54, 1.807) is 0 Å². The summed E-state index contributed by atoms with van der Waals surface area (Å²) in [7, 11) is 0. The molecule has 1 aliphatic rings. The molecule has 0 heterocycles. The van der Waals surface area contributed by atoms with Gasteiger partial charge >= 0.3 is 23.9 Å². The van der Waals surface area contributed by atoms with Gasteiger partial charge in [0.15, 0.2) is 0 Å². The number of carboxylic acids is 2. The van der Waals surface area contributed by atoms with Gasteiger partial charge in [-0.3, -0.25) is 9.59 Å². The molecule has 1 aromatic carbocycles. The minimum atomic E-state index is -1.14. The number of hydrogen-bond acceptors (Lipinski definition) is 6. The van der Waals surface area contributed by atoms with Crippen LogP contribution in [-0.4, -0.2) is 47.3 Å². The third-order valence-electron chi connectivity index (χ3n) is 5.20. The Bertz CT molecular complexity index is 728. The lowest BCUT2D eigenvalue weighted by Crippen LogP contribution is -2.14. The summed E-state index contributed by atoms with van der Waals surface area (Å²) < 4.78 is 9.91. The summed E-state index contributed by atoms with van der Waals surface area (Å²) in [6.07, 6.45) is 13.2. The van der Waals surface area contributed by atoms with Crippen LogP contribution in [0.15, 0.2) is 24.3 Å². The SMILES string of the molecule is C1CCCCC1.O=C(O)CCCCCCCC(=O)OCCOC(=O)c1cccc(C(=O)O)c1. The zero-order valence-electron chi connectivity index (χ0n) is 19.3. The van der Waals surface area contributed by atoms with E-state index in [1.807, 2.05) is 0 Å². The van der Waals surface area contributed by atoms with Crippen molar-refractivity contribution in [2.24, 2.45) is 0 Å². The quantitative estimate of drug-likeness (QED) is 0.300. The van der Waals surface area contributed by atoms with Crippen LogP contribution in [-0.2, 0) is 19.1 Å². The lowest BCUT2D eigenvalue weighted by Gasteiger charge is -2.07. The summed E-state index contributed by atoms with van der Waals surface area (Å²) in [6.45, 7) is -0.182. The summed E-state index contributed by atoms with van der Waals surface area (Å²) in [5.41, 5.74) is 0.1000. The van der Waals surface area contributed by atoms with E-state index in [-0.39, 0.29) is 43.2 Å². The number of benzene rings is 1. The van der Waals surface area contributed by atoms with Crippen LogP contribution in [0.5, 0.6) is 0 Å². The molecule has 0 radical (unpaired) electrons. The molecule has 0 aliphatic heterocycles. The highest BCUT2D eigenvalue weighted by Gasteiger charge is 2.11. The molecule has 0 amide bonds. The summed E-state index contributed by atoms with van der Waals surface area (Å²) >= 11 is 0. The van der Waals surface area contributed by atoms with Crippen LogP contribution < -0.4 is 0 Å². The van der Waals surface area contributed by atoms with Gasteiger partial charge < -0.3 is 19.7 Å². The van der Waals surface area contributed by atoms with Gasteiger partial charge in [-0.2, -0.15) is 0 Å². The van der Waals surface area contributed by atoms with E-state index in [2.05, 4.69) is 0 Å². The maximum Gasteiger partial charge on any atom is 0.338 e. The van der Waals surface area contributed by atoms with Gasteiger partial charge in [-0.05, 0) is 31.0 Å². The lowest BCUT2D eigenvalue weighted by atomic mass is 10.0. The zero-order valence-corrected chi connectivity index (χ0v) is 19.3. The van der Waals surface area contributed by atoms with E-state index in [1.165, 1.54) is 62.8 Å². The number of aromatic carboxylic acids is 1. The summed E-state index contributed by atoms with van der Waals surface area (Å²) in [6, 6.07) is 5.47. The zero-order chi connectivity index (χ0) is 24.3. The standard InChI is InChI=1S/C19H24O8.C6H12/c20-16(21)9-4-2-1-3-5-10-17(22)26-11-12-27-19(25)15-8-6-7-14(13-15)18(23)24;1-2-4-6-5-3-1/h6-8,13H,1-5,9-12H2,(H,20,21)(H,23,24);1-6H2. The molecule has 0 saturated heterocycles. The third kappa shape index (κ3) is 14.7. The van der Waals surface area contributed by atoms with Crippen LogP contribution in [0, 0.1) is 0 Å². The van der Waals surface area contributed by atoms with Crippen LogP contribution in [0.4, 0.5) is 0 Å². The molecule has 0 aromatic heterocycles. The van der Waals surface area contributed by atoms with Crippen molar-refractivity contribution in [1.82, 2.24) is 0 Å². The lowest BCUT2D eigenvalue weighted by molar-refractivity contribution is -0.144. The first-order valence-corrected chi connectivity index (χ1v) is 11.8. The van der Waals surface area contributed by atoms with Gasteiger partial charge in [0.2, 0.25) is 0 Å². The topological polar surface area (TPSA) is 127 Å². The molecular formula is C25H36O8. The van der Waals surface area contributed by atoms with Gasteiger partial charge in [0.1, 0.15) is 13.2 Å². The Labute approximate surface area is 195 Å². The smallest absolute Gasteiger partial charge is 0.338 e. The molecule has 2 N–H and O–H groups in total. The largest absolute Gasteiger partial charge is 0.481 e. The predicted octanol–water partition coefficient (Wildman–Crippen LogP) is 5.24. The molecule has 0 spiro atoms. The number of aliphatic carboxylic acids is 1. The second-order valence-corrected chi connectivity index (χ2v) is 8.03. The fourth-order valence-corrected chi connectivity index (χ4v) is 3.36. The molecule has 0 atom stereocenters. The van der Waals surface area contributed by atoms with Crippen molar-refractivity contribution in [3.63, 3.8) is 0 Å². The van der Waals surface area contributed by atoms with E-state index >= 15 is 0 Å². The molecule has 8 nitrogen and oxygen atoms in total. The summed E-state index contributed by atoms with van der Waals surface area (Å²) in [4.78, 5) is 44.6. The fourth-order valence-electron chi connectivity index (χ4n) is 3.36. The molecular weight excluding hydrogens is 428 g/mol. The maximum absolute atomic E-state index is 11.8. The van der Waals surface area contributed by atoms with Crippen molar-refractivity contribution in [2.45, 2.75) is 83.5 Å². The average Bonchev–Trinajstić information content (AvgIpc) is 2.82. The van der Waals surface area contributed by atoms with E-state index in [0.29, 0.717) is 12.8 Å².